The summed E-state index contributed by atoms with van der Waals surface area (Å²) in [4.78, 5) is 48.0. The molecule has 0 saturated carbocycles. The Hall–Kier alpha value is -3.38. The summed E-state index contributed by atoms with van der Waals surface area (Å²) in [6.45, 7) is 15.7. The van der Waals surface area contributed by atoms with Crippen molar-refractivity contribution in [3.63, 3.8) is 0 Å². The minimum atomic E-state index is -2.11. The number of hydrogen-bond donors (Lipinski definition) is 0. The summed E-state index contributed by atoms with van der Waals surface area (Å²) in [5.41, 5.74) is 0.638. The fourth-order valence-electron chi connectivity index (χ4n) is 3.68. The smallest absolute Gasteiger partial charge is 0.333 e. The predicted molar refractivity (Wildman–Crippen MR) is 147 cm³/mol. The number of rotatable bonds is 9. The molecule has 40 heavy (non-hydrogen) atoms. The SMILES string of the molecule is COc1cc(/C=C/C(=O)O[C@H]2OC(C)[C@H](OC(C)=O)C(OC(C)=O)C2OC(C)=O)ccc1O[Si](C)(C)C(C)(C)C. The number of hydrogen-bond acceptors (Lipinski definition) is 11. The van der Waals surface area contributed by atoms with Crippen LogP contribution in [-0.2, 0) is 42.9 Å². The van der Waals surface area contributed by atoms with Gasteiger partial charge in [-0.1, -0.05) is 26.8 Å². The van der Waals surface area contributed by atoms with Crippen molar-refractivity contribution in [1.29, 1.82) is 0 Å². The van der Waals surface area contributed by atoms with E-state index >= 15 is 0 Å². The molecule has 1 aliphatic rings. The summed E-state index contributed by atoms with van der Waals surface area (Å²) in [5, 5.41) is -0.00430. The maximum atomic E-state index is 12.8. The van der Waals surface area contributed by atoms with Crippen LogP contribution in [0.25, 0.3) is 6.08 Å². The van der Waals surface area contributed by atoms with E-state index in [0.717, 1.165) is 13.8 Å². The van der Waals surface area contributed by atoms with Gasteiger partial charge >= 0.3 is 23.9 Å². The maximum absolute atomic E-state index is 12.8. The normalized spacial score (nSPS) is 23.2. The summed E-state index contributed by atoms with van der Waals surface area (Å²) in [5.74, 6) is -1.81. The first-order valence-corrected chi connectivity index (χ1v) is 15.8. The largest absolute Gasteiger partial charge is 0.541 e. The topological polar surface area (TPSA) is 133 Å². The van der Waals surface area contributed by atoms with Crippen LogP contribution in [0.2, 0.25) is 18.1 Å². The minimum absolute atomic E-state index is 0.00430. The molecule has 2 rings (SSSR count). The minimum Gasteiger partial charge on any atom is -0.541 e. The van der Waals surface area contributed by atoms with Gasteiger partial charge in [0.2, 0.25) is 12.4 Å². The Morgan fingerprint density at radius 1 is 0.850 bits per heavy atom. The van der Waals surface area contributed by atoms with Crippen molar-refractivity contribution < 1.29 is 52.0 Å². The van der Waals surface area contributed by atoms with Crippen molar-refractivity contribution in [2.45, 2.75) is 97.3 Å². The van der Waals surface area contributed by atoms with Crippen molar-refractivity contribution in [3.05, 3.63) is 29.8 Å². The highest BCUT2D eigenvalue weighted by Gasteiger charge is 2.52. The van der Waals surface area contributed by atoms with E-state index in [9.17, 15) is 19.2 Å². The number of carbonyl (C=O) groups excluding carboxylic acids is 4. The molecule has 222 valence electrons. The first-order chi connectivity index (χ1) is 18.4. The molecule has 0 aliphatic carbocycles. The molecule has 0 radical (unpaired) electrons. The Bertz CT molecular complexity index is 1120. The Labute approximate surface area is 236 Å². The highest BCUT2D eigenvalue weighted by atomic mass is 28.4. The lowest BCUT2D eigenvalue weighted by atomic mass is 9.99. The highest BCUT2D eigenvalue weighted by molar-refractivity contribution is 6.74. The van der Waals surface area contributed by atoms with Gasteiger partial charge in [-0.2, -0.15) is 0 Å². The third-order valence-corrected chi connectivity index (χ3v) is 11.0. The van der Waals surface area contributed by atoms with Crippen LogP contribution in [-0.4, -0.2) is 70.0 Å². The zero-order valence-corrected chi connectivity index (χ0v) is 25.8. The molecule has 12 heteroatoms. The van der Waals surface area contributed by atoms with Crippen LogP contribution in [0, 0.1) is 0 Å². The van der Waals surface area contributed by atoms with Crippen LogP contribution in [0.15, 0.2) is 24.3 Å². The molecule has 5 atom stereocenters. The fourth-order valence-corrected chi connectivity index (χ4v) is 4.71. The number of ether oxygens (including phenoxy) is 6. The van der Waals surface area contributed by atoms with Crippen LogP contribution in [0.1, 0.15) is 54.0 Å². The van der Waals surface area contributed by atoms with Gasteiger partial charge in [0.1, 0.15) is 5.75 Å². The quantitative estimate of drug-likeness (QED) is 0.180. The Morgan fingerprint density at radius 2 is 1.40 bits per heavy atom. The predicted octanol–water partition coefficient (Wildman–Crippen LogP) is 4.18. The van der Waals surface area contributed by atoms with E-state index in [1.165, 1.54) is 26.2 Å². The standard InChI is InChI=1S/C28H40O11Si/c1-16-24(35-17(2)29)25(36-18(3)30)26(37-19(4)31)27(34-16)38-23(32)14-12-20-11-13-21(22(15-20)33-8)39-40(9,10)28(5,6)7/h11-16,24-27H,1-10H3/b14-12+/t16?,24-,25?,26?,27+/m0/s1. The molecule has 3 unspecified atom stereocenters. The Kier molecular flexibility index (Phi) is 10.9. The molecule has 1 heterocycles. The van der Waals surface area contributed by atoms with E-state index in [1.807, 2.05) is 0 Å². The number of methoxy groups -OCH3 is 1. The van der Waals surface area contributed by atoms with Gasteiger partial charge < -0.3 is 32.8 Å². The van der Waals surface area contributed by atoms with Crippen molar-refractivity contribution in [1.82, 2.24) is 0 Å². The van der Waals surface area contributed by atoms with E-state index in [0.29, 0.717) is 17.1 Å². The highest BCUT2D eigenvalue weighted by Crippen LogP contribution is 2.40. The average molecular weight is 581 g/mol. The van der Waals surface area contributed by atoms with Crippen molar-refractivity contribution >= 4 is 38.3 Å². The van der Waals surface area contributed by atoms with Gasteiger partial charge in [0.25, 0.3) is 8.32 Å². The van der Waals surface area contributed by atoms with E-state index in [1.54, 1.807) is 25.1 Å². The Morgan fingerprint density at radius 3 is 1.93 bits per heavy atom. The number of benzene rings is 1. The summed E-state index contributed by atoms with van der Waals surface area (Å²) >= 11 is 0. The molecule has 11 nitrogen and oxygen atoms in total. The van der Waals surface area contributed by atoms with Crippen molar-refractivity contribution in [2.75, 3.05) is 7.11 Å². The lowest BCUT2D eigenvalue weighted by Crippen LogP contribution is -2.61. The zero-order valence-electron chi connectivity index (χ0n) is 24.8. The molecule has 0 spiro atoms. The summed E-state index contributed by atoms with van der Waals surface area (Å²) < 4.78 is 38.9. The van der Waals surface area contributed by atoms with Crippen molar-refractivity contribution in [2.24, 2.45) is 0 Å². The first-order valence-electron chi connectivity index (χ1n) is 12.9. The van der Waals surface area contributed by atoms with Crippen LogP contribution in [0.5, 0.6) is 11.5 Å². The summed E-state index contributed by atoms with van der Waals surface area (Å²) in [6, 6.07) is 5.29. The molecule has 0 N–H and O–H groups in total. The van der Waals surface area contributed by atoms with Crippen molar-refractivity contribution in [3.8, 4) is 11.5 Å². The number of carbonyl (C=O) groups is 4. The van der Waals surface area contributed by atoms with Crippen LogP contribution in [0.3, 0.4) is 0 Å². The fraction of sp³-hybridized carbons (Fsp3) is 0.571. The summed E-state index contributed by atoms with van der Waals surface area (Å²) in [6.07, 6.45) is -3.38. The molecule has 1 aliphatic heterocycles. The van der Waals surface area contributed by atoms with E-state index in [2.05, 4.69) is 33.9 Å². The van der Waals surface area contributed by atoms with Gasteiger partial charge in [-0.05, 0) is 48.8 Å². The lowest BCUT2D eigenvalue weighted by molar-refractivity contribution is -0.292. The molecular formula is C28H40O11Si. The van der Waals surface area contributed by atoms with Gasteiger partial charge in [-0.15, -0.1) is 0 Å². The van der Waals surface area contributed by atoms with Gasteiger partial charge in [-0.3, -0.25) is 14.4 Å². The van der Waals surface area contributed by atoms with Crippen LogP contribution < -0.4 is 9.16 Å². The molecule has 0 bridgehead atoms. The van der Waals surface area contributed by atoms with Gasteiger partial charge in [0, 0.05) is 26.8 Å². The molecule has 1 fully saturated rings. The van der Waals surface area contributed by atoms with Gasteiger partial charge in [-0.25, -0.2) is 4.79 Å². The van der Waals surface area contributed by atoms with Gasteiger partial charge in [0.15, 0.2) is 18.0 Å². The maximum Gasteiger partial charge on any atom is 0.333 e. The average Bonchev–Trinajstić information content (AvgIpc) is 2.81. The second kappa shape index (κ2) is 13.3. The molecule has 1 aromatic carbocycles. The molecule has 1 aromatic rings. The first kappa shape index (κ1) is 32.8. The molecule has 1 saturated heterocycles. The van der Waals surface area contributed by atoms with E-state index in [-0.39, 0.29) is 5.04 Å². The lowest BCUT2D eigenvalue weighted by Gasteiger charge is -2.42. The molecule has 0 aromatic heterocycles. The monoisotopic (exact) mass is 580 g/mol. The second-order valence-electron chi connectivity index (χ2n) is 11.0. The number of esters is 4. The van der Waals surface area contributed by atoms with Gasteiger partial charge in [0.05, 0.1) is 13.2 Å². The molecular weight excluding hydrogens is 540 g/mol. The van der Waals surface area contributed by atoms with Crippen LogP contribution >= 0.6 is 0 Å². The van der Waals surface area contributed by atoms with E-state index in [4.69, 9.17) is 32.8 Å². The Balaban J connectivity index is 2.25. The third kappa shape index (κ3) is 8.82. The summed E-state index contributed by atoms with van der Waals surface area (Å²) in [7, 11) is -0.571. The second-order valence-corrected chi connectivity index (χ2v) is 15.7. The van der Waals surface area contributed by atoms with Crippen LogP contribution in [0.4, 0.5) is 0 Å². The molecule has 0 amide bonds. The van der Waals surface area contributed by atoms with E-state index < -0.39 is 62.9 Å². The third-order valence-electron chi connectivity index (χ3n) is 6.64. The zero-order chi connectivity index (χ0) is 30.4.